The predicted molar refractivity (Wildman–Crippen MR) is 71.4 cm³/mol. The van der Waals surface area contributed by atoms with E-state index in [2.05, 4.69) is 0 Å². The van der Waals surface area contributed by atoms with Crippen molar-refractivity contribution >= 4 is 10.0 Å². The van der Waals surface area contributed by atoms with Crippen molar-refractivity contribution in [1.29, 1.82) is 0 Å². The van der Waals surface area contributed by atoms with Gasteiger partial charge in [-0.05, 0) is 37.8 Å². The number of rotatable bonds is 5. The molecular formula is C13H18F2N2O2S. The number of hydrogen-bond donors (Lipinski definition) is 1. The standard InChI is InChI=1S/C13H18F2N2O2S/c1-8(9-3-4-9)17(2)20(18,19)12-6-5-11(14)10(7-16)13(12)15/h5-6,8-9H,3-4,7,16H2,1-2H3. The van der Waals surface area contributed by atoms with Gasteiger partial charge in [0.1, 0.15) is 10.7 Å². The minimum absolute atomic E-state index is 0.203. The second-order valence-corrected chi connectivity index (χ2v) is 7.11. The molecule has 112 valence electrons. The minimum Gasteiger partial charge on any atom is -0.326 e. The maximum Gasteiger partial charge on any atom is 0.245 e. The fraction of sp³-hybridized carbons (Fsp3) is 0.538. The molecule has 1 fully saturated rings. The third kappa shape index (κ3) is 2.57. The number of hydrogen-bond acceptors (Lipinski definition) is 3. The Hall–Kier alpha value is -1.05. The zero-order valence-corrected chi connectivity index (χ0v) is 12.3. The molecule has 0 heterocycles. The van der Waals surface area contributed by atoms with Gasteiger partial charge in [0.25, 0.3) is 0 Å². The summed E-state index contributed by atoms with van der Waals surface area (Å²) in [5, 5.41) is 0. The molecule has 1 aliphatic carbocycles. The van der Waals surface area contributed by atoms with Crippen molar-refractivity contribution in [2.75, 3.05) is 7.05 Å². The summed E-state index contributed by atoms with van der Waals surface area (Å²) < 4.78 is 53.5. The Morgan fingerprint density at radius 2 is 2.00 bits per heavy atom. The monoisotopic (exact) mass is 304 g/mol. The van der Waals surface area contributed by atoms with E-state index >= 15 is 0 Å². The van der Waals surface area contributed by atoms with E-state index in [1.807, 2.05) is 0 Å². The molecule has 0 radical (unpaired) electrons. The highest BCUT2D eigenvalue weighted by Gasteiger charge is 2.37. The molecule has 0 aromatic heterocycles. The lowest BCUT2D eigenvalue weighted by atomic mass is 10.2. The Kier molecular flexibility index (Phi) is 4.13. The van der Waals surface area contributed by atoms with Crippen molar-refractivity contribution in [2.24, 2.45) is 11.7 Å². The summed E-state index contributed by atoms with van der Waals surface area (Å²) in [4.78, 5) is -0.519. The first-order valence-corrected chi connectivity index (χ1v) is 7.89. The van der Waals surface area contributed by atoms with E-state index in [1.54, 1.807) is 6.92 Å². The molecule has 1 unspecified atom stereocenters. The molecule has 1 saturated carbocycles. The Bertz CT molecular complexity index is 615. The number of nitrogens with zero attached hydrogens (tertiary/aromatic N) is 1. The molecule has 0 saturated heterocycles. The largest absolute Gasteiger partial charge is 0.326 e. The van der Waals surface area contributed by atoms with Crippen molar-refractivity contribution < 1.29 is 17.2 Å². The molecule has 4 nitrogen and oxygen atoms in total. The van der Waals surface area contributed by atoms with E-state index in [1.165, 1.54) is 7.05 Å². The molecule has 7 heteroatoms. The summed E-state index contributed by atoms with van der Waals surface area (Å²) in [6.45, 7) is 1.41. The molecule has 1 aromatic carbocycles. The fourth-order valence-electron chi connectivity index (χ4n) is 2.21. The summed E-state index contributed by atoms with van der Waals surface area (Å²) in [6, 6.07) is 1.69. The van der Waals surface area contributed by atoms with Gasteiger partial charge in [-0.15, -0.1) is 0 Å². The van der Waals surface area contributed by atoms with Gasteiger partial charge in [-0.1, -0.05) is 0 Å². The molecule has 1 aromatic rings. The molecule has 0 bridgehead atoms. The van der Waals surface area contributed by atoms with Gasteiger partial charge >= 0.3 is 0 Å². The highest BCUT2D eigenvalue weighted by Crippen LogP contribution is 2.36. The molecule has 2 rings (SSSR count). The lowest BCUT2D eigenvalue weighted by Crippen LogP contribution is -2.37. The van der Waals surface area contributed by atoms with Gasteiger partial charge < -0.3 is 5.73 Å². The van der Waals surface area contributed by atoms with Crippen LogP contribution in [0.5, 0.6) is 0 Å². The van der Waals surface area contributed by atoms with E-state index in [4.69, 9.17) is 5.73 Å². The first-order chi connectivity index (χ1) is 9.30. The van der Waals surface area contributed by atoms with Crippen molar-refractivity contribution in [3.63, 3.8) is 0 Å². The molecule has 1 aliphatic rings. The van der Waals surface area contributed by atoms with Crippen LogP contribution < -0.4 is 5.73 Å². The molecule has 0 amide bonds. The van der Waals surface area contributed by atoms with Gasteiger partial charge in [0.05, 0.1) is 0 Å². The van der Waals surface area contributed by atoms with Gasteiger partial charge in [-0.2, -0.15) is 4.31 Å². The average Bonchev–Trinajstić information content (AvgIpc) is 3.21. The third-order valence-corrected chi connectivity index (χ3v) is 5.85. The van der Waals surface area contributed by atoms with Crippen LogP contribution in [0.15, 0.2) is 17.0 Å². The summed E-state index contributed by atoms with van der Waals surface area (Å²) in [5.41, 5.74) is 4.87. The van der Waals surface area contributed by atoms with Crippen LogP contribution in [0.3, 0.4) is 0 Å². The number of benzene rings is 1. The normalized spacial score (nSPS) is 17.5. The number of sulfonamides is 1. The van der Waals surface area contributed by atoms with Crippen molar-refractivity contribution in [3.05, 3.63) is 29.3 Å². The molecular weight excluding hydrogens is 286 g/mol. The van der Waals surface area contributed by atoms with Gasteiger partial charge in [-0.3, -0.25) is 0 Å². The van der Waals surface area contributed by atoms with Crippen LogP contribution in [0.2, 0.25) is 0 Å². The average molecular weight is 304 g/mol. The van der Waals surface area contributed by atoms with Crippen LogP contribution in [-0.4, -0.2) is 25.8 Å². The van der Waals surface area contributed by atoms with Crippen molar-refractivity contribution in [1.82, 2.24) is 4.31 Å². The van der Waals surface area contributed by atoms with E-state index in [-0.39, 0.29) is 12.6 Å². The van der Waals surface area contributed by atoms with E-state index in [0.717, 1.165) is 29.3 Å². The van der Waals surface area contributed by atoms with E-state index < -0.39 is 32.1 Å². The summed E-state index contributed by atoms with van der Waals surface area (Å²) >= 11 is 0. The lowest BCUT2D eigenvalue weighted by molar-refractivity contribution is 0.354. The van der Waals surface area contributed by atoms with Gasteiger partial charge in [0.2, 0.25) is 10.0 Å². The van der Waals surface area contributed by atoms with Crippen LogP contribution in [-0.2, 0) is 16.6 Å². The maximum atomic E-state index is 14.1. The lowest BCUT2D eigenvalue weighted by Gasteiger charge is -2.24. The predicted octanol–water partition coefficient (Wildman–Crippen LogP) is 1.84. The summed E-state index contributed by atoms with van der Waals surface area (Å²) in [6.07, 6.45) is 1.95. The Labute approximate surface area is 117 Å². The quantitative estimate of drug-likeness (QED) is 0.903. The zero-order chi connectivity index (χ0) is 15.1. The Balaban J connectivity index is 2.43. The van der Waals surface area contributed by atoms with Crippen LogP contribution in [0.25, 0.3) is 0 Å². The highest BCUT2D eigenvalue weighted by atomic mass is 32.2. The van der Waals surface area contributed by atoms with E-state index in [9.17, 15) is 17.2 Å². The Morgan fingerprint density at radius 1 is 1.40 bits per heavy atom. The molecule has 1 atom stereocenters. The van der Waals surface area contributed by atoms with Gasteiger partial charge in [-0.25, -0.2) is 17.2 Å². The van der Waals surface area contributed by atoms with Gasteiger partial charge in [0.15, 0.2) is 5.82 Å². The third-order valence-electron chi connectivity index (χ3n) is 3.89. The minimum atomic E-state index is -3.99. The van der Waals surface area contributed by atoms with Crippen LogP contribution >= 0.6 is 0 Å². The topological polar surface area (TPSA) is 63.4 Å². The molecule has 0 aliphatic heterocycles. The van der Waals surface area contributed by atoms with E-state index in [0.29, 0.717) is 5.92 Å². The van der Waals surface area contributed by atoms with Crippen molar-refractivity contribution in [2.45, 2.75) is 37.2 Å². The number of halogens is 2. The summed E-state index contributed by atoms with van der Waals surface area (Å²) in [7, 11) is -2.57. The van der Waals surface area contributed by atoms with Crippen LogP contribution in [0.1, 0.15) is 25.3 Å². The first kappa shape index (κ1) is 15.3. The second kappa shape index (κ2) is 5.38. The SMILES string of the molecule is CC(C1CC1)N(C)S(=O)(=O)c1ccc(F)c(CN)c1F. The van der Waals surface area contributed by atoms with Crippen molar-refractivity contribution in [3.8, 4) is 0 Å². The fourth-order valence-corrected chi connectivity index (χ4v) is 3.72. The van der Waals surface area contributed by atoms with Crippen LogP contribution in [0.4, 0.5) is 8.78 Å². The Morgan fingerprint density at radius 3 is 2.50 bits per heavy atom. The number of nitrogens with two attached hydrogens (primary N) is 1. The summed E-state index contributed by atoms with van der Waals surface area (Å²) in [5.74, 6) is -1.61. The molecule has 0 spiro atoms. The highest BCUT2D eigenvalue weighted by molar-refractivity contribution is 7.89. The second-order valence-electron chi connectivity index (χ2n) is 5.14. The molecule has 2 N–H and O–H groups in total. The van der Waals surface area contributed by atoms with Gasteiger partial charge in [0, 0.05) is 25.2 Å². The smallest absolute Gasteiger partial charge is 0.245 e. The molecule has 20 heavy (non-hydrogen) atoms. The van der Waals surface area contributed by atoms with Crippen LogP contribution in [0, 0.1) is 17.6 Å². The zero-order valence-electron chi connectivity index (χ0n) is 11.4. The first-order valence-electron chi connectivity index (χ1n) is 6.45. The maximum absolute atomic E-state index is 14.1.